The van der Waals surface area contributed by atoms with Gasteiger partial charge >= 0.3 is 6.03 Å². The Kier molecular flexibility index (Phi) is 7.23. The van der Waals surface area contributed by atoms with E-state index in [0.717, 1.165) is 36.8 Å². The van der Waals surface area contributed by atoms with Gasteiger partial charge in [-0.15, -0.1) is 0 Å². The molecule has 9 nitrogen and oxygen atoms in total. The summed E-state index contributed by atoms with van der Waals surface area (Å²) in [7, 11) is -2.77. The normalized spacial score (nSPS) is 27.7. The average molecular weight is 576 g/mol. The molecule has 3 aromatic rings. The minimum atomic E-state index is -2.77. The molecule has 1 aromatic heterocycles. The molecule has 3 aliphatic rings. The predicted molar refractivity (Wildman–Crippen MR) is 158 cm³/mol. The zero-order chi connectivity index (χ0) is 28.7. The molecule has 3 atom stereocenters. The van der Waals surface area contributed by atoms with Crippen LogP contribution in [0, 0.1) is 10.2 Å². The fourth-order valence-corrected chi connectivity index (χ4v) is 8.59. The molecule has 0 bridgehead atoms. The lowest BCUT2D eigenvalue weighted by Gasteiger charge is -2.53. The van der Waals surface area contributed by atoms with Crippen molar-refractivity contribution in [2.75, 3.05) is 31.1 Å². The third-order valence-electron chi connectivity index (χ3n) is 9.38. The summed E-state index contributed by atoms with van der Waals surface area (Å²) in [5, 5.41) is 12.2. The largest absolute Gasteiger partial charge is 0.387 e. The molecule has 2 N–H and O–H groups in total. The standard InChI is InChI=1S/C31H37N5O4S/c32-41(40)18-17-36(27(20-41)25-11-5-2-6-12-25)29(38)34-16-15-31(39,30(21-34)13-7-8-14-30)22-35-23-33-26(19-28(35)37)24-9-3-1-4-10-24/h1-6,9-12,19,23,27,32,39H,7-8,13-18,20-22H2/t27?,31-,41?/m1/s1. The number of nitrogens with one attached hydrogen (secondary N) is 1. The number of piperidine rings is 1. The molecule has 1 spiro atoms. The van der Waals surface area contributed by atoms with Crippen molar-refractivity contribution in [1.29, 1.82) is 4.78 Å². The Labute approximate surface area is 240 Å². The first kappa shape index (κ1) is 27.7. The molecule has 2 aromatic carbocycles. The van der Waals surface area contributed by atoms with Crippen molar-refractivity contribution in [3.8, 4) is 11.3 Å². The smallest absolute Gasteiger partial charge is 0.320 e. The van der Waals surface area contributed by atoms with Crippen LogP contribution < -0.4 is 5.56 Å². The summed E-state index contributed by atoms with van der Waals surface area (Å²) < 4.78 is 22.5. The van der Waals surface area contributed by atoms with Crippen molar-refractivity contribution >= 4 is 15.8 Å². The Hall–Kier alpha value is -3.50. The molecule has 2 saturated heterocycles. The highest BCUT2D eigenvalue weighted by atomic mass is 32.2. The molecule has 3 heterocycles. The Morgan fingerprint density at radius 3 is 2.39 bits per heavy atom. The van der Waals surface area contributed by atoms with E-state index < -0.39 is 26.8 Å². The van der Waals surface area contributed by atoms with Crippen LogP contribution in [0.2, 0.25) is 0 Å². The molecule has 2 unspecified atom stereocenters. The number of likely N-dealkylation sites (tertiary alicyclic amines) is 1. The number of carbonyl (C=O) groups excluding carboxylic acids is 1. The number of aliphatic hydroxyl groups is 1. The predicted octanol–water partition coefficient (Wildman–Crippen LogP) is 4.13. The van der Waals surface area contributed by atoms with Crippen molar-refractivity contribution in [1.82, 2.24) is 19.4 Å². The van der Waals surface area contributed by atoms with Crippen LogP contribution in [0.1, 0.15) is 43.7 Å². The maximum Gasteiger partial charge on any atom is 0.320 e. The first-order chi connectivity index (χ1) is 19.7. The third-order valence-corrected chi connectivity index (χ3v) is 11.1. The quantitative estimate of drug-likeness (QED) is 0.485. The number of benzene rings is 2. The van der Waals surface area contributed by atoms with Crippen LogP contribution in [0.5, 0.6) is 0 Å². The molecule has 2 aliphatic heterocycles. The number of carbonyl (C=O) groups is 1. The van der Waals surface area contributed by atoms with E-state index in [4.69, 9.17) is 4.78 Å². The van der Waals surface area contributed by atoms with E-state index in [1.807, 2.05) is 65.6 Å². The SMILES string of the molecule is N=S1(=O)CCN(C(=O)N2CC[C@@](O)(Cn3cnc(-c4ccccc4)cc3=O)C3(CCCC3)C2)C(c2ccccc2)C1. The zero-order valence-electron chi connectivity index (χ0n) is 23.2. The molecule has 1 saturated carbocycles. The topological polar surface area (TPSA) is 120 Å². The van der Waals surface area contributed by atoms with Crippen molar-refractivity contribution < 1.29 is 14.1 Å². The van der Waals surface area contributed by atoms with Gasteiger partial charge < -0.3 is 14.9 Å². The van der Waals surface area contributed by atoms with Crippen molar-refractivity contribution in [3.63, 3.8) is 0 Å². The summed E-state index contributed by atoms with van der Waals surface area (Å²) in [6.07, 6.45) is 5.35. The van der Waals surface area contributed by atoms with Gasteiger partial charge in [-0.3, -0.25) is 14.1 Å². The van der Waals surface area contributed by atoms with E-state index in [0.29, 0.717) is 25.2 Å². The van der Waals surface area contributed by atoms with Crippen LogP contribution in [0.25, 0.3) is 11.3 Å². The molecule has 2 amide bonds. The molecule has 3 fully saturated rings. The summed E-state index contributed by atoms with van der Waals surface area (Å²) in [5.74, 6) is 0.292. The number of hydrogen-bond donors (Lipinski definition) is 2. The van der Waals surface area contributed by atoms with E-state index >= 15 is 0 Å². The molecule has 0 radical (unpaired) electrons. The summed E-state index contributed by atoms with van der Waals surface area (Å²) >= 11 is 0. The number of hydrogen-bond acceptors (Lipinski definition) is 6. The molecule has 1 aliphatic carbocycles. The van der Waals surface area contributed by atoms with Gasteiger partial charge in [0.2, 0.25) is 0 Å². The second-order valence-corrected chi connectivity index (χ2v) is 14.2. The van der Waals surface area contributed by atoms with Crippen LogP contribution in [0.4, 0.5) is 4.79 Å². The first-order valence-corrected chi connectivity index (χ1v) is 16.3. The summed E-state index contributed by atoms with van der Waals surface area (Å²) in [5.41, 5.74) is 0.450. The summed E-state index contributed by atoms with van der Waals surface area (Å²) in [6, 6.07) is 20.1. The minimum Gasteiger partial charge on any atom is -0.387 e. The van der Waals surface area contributed by atoms with Gasteiger partial charge in [-0.2, -0.15) is 0 Å². The van der Waals surface area contributed by atoms with Gasteiger partial charge in [0, 0.05) is 52.2 Å². The van der Waals surface area contributed by atoms with E-state index in [-0.39, 0.29) is 36.2 Å². The maximum absolute atomic E-state index is 14.0. The van der Waals surface area contributed by atoms with Crippen molar-refractivity contribution in [2.24, 2.45) is 5.41 Å². The highest BCUT2D eigenvalue weighted by Crippen LogP contribution is 2.52. The van der Waals surface area contributed by atoms with E-state index in [1.165, 1.54) is 17.0 Å². The van der Waals surface area contributed by atoms with Gasteiger partial charge in [0.15, 0.2) is 0 Å². The fraction of sp³-hybridized carbons (Fsp3) is 0.452. The summed E-state index contributed by atoms with van der Waals surface area (Å²) in [6.45, 7) is 1.16. The van der Waals surface area contributed by atoms with Crippen LogP contribution in [-0.2, 0) is 16.3 Å². The van der Waals surface area contributed by atoms with Crippen molar-refractivity contribution in [2.45, 2.75) is 50.3 Å². The number of nitrogens with zero attached hydrogens (tertiary/aromatic N) is 4. The lowest BCUT2D eigenvalue weighted by Crippen LogP contribution is -2.64. The van der Waals surface area contributed by atoms with Crippen LogP contribution >= 0.6 is 0 Å². The van der Waals surface area contributed by atoms with Gasteiger partial charge in [-0.25, -0.2) is 14.0 Å². The lowest BCUT2D eigenvalue weighted by molar-refractivity contribution is -0.136. The zero-order valence-corrected chi connectivity index (χ0v) is 24.0. The molecule has 6 rings (SSSR count). The minimum absolute atomic E-state index is 0.126. The van der Waals surface area contributed by atoms with Crippen molar-refractivity contribution in [3.05, 3.63) is 89.0 Å². The molecular formula is C31H37N5O4S. The second kappa shape index (κ2) is 10.7. The number of rotatable bonds is 4. The van der Waals surface area contributed by atoms with E-state index in [2.05, 4.69) is 4.98 Å². The Morgan fingerprint density at radius 2 is 1.71 bits per heavy atom. The van der Waals surface area contributed by atoms with Gasteiger partial charge in [-0.05, 0) is 24.8 Å². The van der Waals surface area contributed by atoms with E-state index in [1.54, 1.807) is 4.90 Å². The third kappa shape index (κ3) is 5.30. The lowest BCUT2D eigenvalue weighted by atomic mass is 9.66. The molecule has 41 heavy (non-hydrogen) atoms. The maximum atomic E-state index is 14.0. The first-order valence-electron chi connectivity index (χ1n) is 14.4. The van der Waals surface area contributed by atoms with Gasteiger partial charge in [0.05, 0.1) is 36.0 Å². The summed E-state index contributed by atoms with van der Waals surface area (Å²) in [4.78, 5) is 35.3. The fourth-order valence-electron chi connectivity index (χ4n) is 7.05. The van der Waals surface area contributed by atoms with Gasteiger partial charge in [-0.1, -0.05) is 73.5 Å². The Morgan fingerprint density at radius 1 is 1.02 bits per heavy atom. The number of aromatic nitrogens is 2. The molecular weight excluding hydrogens is 538 g/mol. The Balaban J connectivity index is 1.24. The number of urea groups is 1. The Bertz CT molecular complexity index is 1570. The number of amides is 2. The molecule has 10 heteroatoms. The molecule has 216 valence electrons. The van der Waals surface area contributed by atoms with Gasteiger partial charge in [0.25, 0.3) is 5.56 Å². The van der Waals surface area contributed by atoms with Crippen LogP contribution in [0.15, 0.2) is 77.9 Å². The second-order valence-electron chi connectivity index (χ2n) is 11.9. The van der Waals surface area contributed by atoms with Crippen LogP contribution in [0.3, 0.4) is 0 Å². The highest BCUT2D eigenvalue weighted by Gasteiger charge is 2.56. The average Bonchev–Trinajstić information content (AvgIpc) is 3.46. The monoisotopic (exact) mass is 575 g/mol. The van der Waals surface area contributed by atoms with Crippen LogP contribution in [-0.4, -0.2) is 71.4 Å². The van der Waals surface area contributed by atoms with Gasteiger partial charge in [0.1, 0.15) is 0 Å². The highest BCUT2D eigenvalue weighted by molar-refractivity contribution is 7.92. The van der Waals surface area contributed by atoms with E-state index in [9.17, 15) is 18.9 Å².